The van der Waals surface area contributed by atoms with Crippen LogP contribution in [0.3, 0.4) is 0 Å². The zero-order valence-corrected chi connectivity index (χ0v) is 13.5. The summed E-state index contributed by atoms with van der Waals surface area (Å²) in [5.41, 5.74) is 1.72. The fourth-order valence-electron chi connectivity index (χ4n) is 2.17. The molecule has 6 heteroatoms. The molecule has 0 saturated carbocycles. The van der Waals surface area contributed by atoms with Gasteiger partial charge in [0, 0.05) is 12.7 Å². The Kier molecular flexibility index (Phi) is 4.88. The molecule has 0 spiro atoms. The minimum atomic E-state index is -0.480. The van der Waals surface area contributed by atoms with E-state index in [1.54, 1.807) is 0 Å². The van der Waals surface area contributed by atoms with Crippen LogP contribution in [0, 0.1) is 18.3 Å². The molecule has 1 aromatic rings. The molecule has 0 bridgehead atoms. The van der Waals surface area contributed by atoms with Gasteiger partial charge in [0.05, 0.1) is 5.25 Å². The first-order valence-electron chi connectivity index (χ1n) is 6.97. The van der Waals surface area contributed by atoms with E-state index in [-0.39, 0.29) is 16.7 Å². The van der Waals surface area contributed by atoms with Crippen molar-refractivity contribution in [1.82, 2.24) is 5.32 Å². The number of amides is 2. The third-order valence-electron chi connectivity index (χ3n) is 3.40. The number of nitriles is 1. The van der Waals surface area contributed by atoms with Gasteiger partial charge < -0.3 is 5.32 Å². The van der Waals surface area contributed by atoms with Crippen molar-refractivity contribution in [3.05, 3.63) is 40.4 Å². The Balaban J connectivity index is 2.57. The van der Waals surface area contributed by atoms with Crippen molar-refractivity contribution in [3.63, 3.8) is 0 Å². The van der Waals surface area contributed by atoms with Crippen molar-refractivity contribution in [2.24, 2.45) is 0 Å². The number of nitrogens with one attached hydrogen (secondary N) is 1. The van der Waals surface area contributed by atoms with Gasteiger partial charge in [-0.05, 0) is 25.5 Å². The summed E-state index contributed by atoms with van der Waals surface area (Å²) < 4.78 is 0. The topological polar surface area (TPSA) is 73.2 Å². The molecule has 1 unspecified atom stereocenters. The van der Waals surface area contributed by atoms with Crippen LogP contribution in [0.1, 0.15) is 18.9 Å². The molecule has 5 nitrogen and oxygen atoms in total. The zero-order chi connectivity index (χ0) is 16.3. The van der Waals surface area contributed by atoms with E-state index in [0.717, 1.165) is 5.56 Å². The molecule has 0 aromatic heterocycles. The normalized spacial score (nSPS) is 19.8. The number of thioether (sulfide) groups is 1. The van der Waals surface area contributed by atoms with E-state index in [9.17, 15) is 14.9 Å². The molecule has 0 radical (unpaired) electrons. The molecule has 114 valence electrons. The van der Waals surface area contributed by atoms with Crippen molar-refractivity contribution < 1.29 is 9.59 Å². The van der Waals surface area contributed by atoms with Gasteiger partial charge in [-0.25, -0.2) is 0 Å². The van der Waals surface area contributed by atoms with Crippen LogP contribution in [0.4, 0.5) is 5.69 Å². The van der Waals surface area contributed by atoms with Gasteiger partial charge in [-0.1, -0.05) is 36.4 Å². The highest BCUT2D eigenvalue weighted by Gasteiger charge is 2.39. The number of hydrogen-bond donors (Lipinski definition) is 1. The number of nitrogens with zero attached hydrogens (tertiary/aromatic N) is 2. The second kappa shape index (κ2) is 6.67. The second-order valence-electron chi connectivity index (χ2n) is 4.90. The van der Waals surface area contributed by atoms with Crippen LogP contribution in [0.25, 0.3) is 0 Å². The van der Waals surface area contributed by atoms with Crippen LogP contribution in [0.15, 0.2) is 34.9 Å². The molecule has 1 fully saturated rings. The van der Waals surface area contributed by atoms with E-state index in [4.69, 9.17) is 0 Å². The number of benzene rings is 1. The van der Waals surface area contributed by atoms with Crippen LogP contribution in [0.5, 0.6) is 0 Å². The Labute approximate surface area is 134 Å². The van der Waals surface area contributed by atoms with E-state index in [0.29, 0.717) is 17.1 Å². The predicted molar refractivity (Wildman–Crippen MR) is 87.0 cm³/mol. The van der Waals surface area contributed by atoms with Gasteiger partial charge in [-0.3, -0.25) is 14.5 Å². The minimum absolute atomic E-state index is 0.0302. The van der Waals surface area contributed by atoms with Crippen LogP contribution in [0.2, 0.25) is 0 Å². The first-order chi connectivity index (χ1) is 10.5. The SMILES string of the molecule is CCC1S/C(=C(\C#N)C(=O)NC)N(c2ccc(C)cc2)C1=O. The van der Waals surface area contributed by atoms with Crippen molar-refractivity contribution in [2.45, 2.75) is 25.5 Å². The Hall–Kier alpha value is -2.26. The maximum absolute atomic E-state index is 12.6. The molecule has 2 rings (SSSR count). The number of carbonyl (C=O) groups excluding carboxylic acids is 2. The monoisotopic (exact) mass is 315 g/mol. The van der Waals surface area contributed by atoms with Crippen LogP contribution in [-0.2, 0) is 9.59 Å². The third kappa shape index (κ3) is 2.85. The Morgan fingerprint density at radius 3 is 2.55 bits per heavy atom. The Bertz CT molecular complexity index is 674. The first-order valence-corrected chi connectivity index (χ1v) is 7.85. The molecule has 0 aliphatic carbocycles. The molecule has 1 aromatic carbocycles. The van der Waals surface area contributed by atoms with Crippen molar-refractivity contribution in [2.75, 3.05) is 11.9 Å². The van der Waals surface area contributed by atoms with E-state index < -0.39 is 5.91 Å². The summed E-state index contributed by atoms with van der Waals surface area (Å²) in [7, 11) is 1.47. The standard InChI is InChI=1S/C16H17N3O2S/c1-4-13-15(21)19(11-7-5-10(2)6-8-11)16(22-13)12(9-17)14(20)18-3/h5-8,13H,4H2,1-3H3,(H,18,20)/b16-12+. The van der Waals surface area contributed by atoms with E-state index in [2.05, 4.69) is 5.32 Å². The van der Waals surface area contributed by atoms with Gasteiger partial charge >= 0.3 is 0 Å². The van der Waals surface area contributed by atoms with Crippen LogP contribution >= 0.6 is 11.8 Å². The summed E-state index contributed by atoms with van der Waals surface area (Å²) in [6.45, 7) is 3.87. The number of likely N-dealkylation sites (N-methyl/N-ethyl adjacent to an activating group) is 1. The number of rotatable bonds is 3. The van der Waals surface area contributed by atoms with Gasteiger partial charge in [0.15, 0.2) is 0 Å². The van der Waals surface area contributed by atoms with E-state index >= 15 is 0 Å². The van der Waals surface area contributed by atoms with Gasteiger partial charge in [0.25, 0.3) is 5.91 Å². The lowest BCUT2D eigenvalue weighted by molar-refractivity contribution is -0.117. The fraction of sp³-hybridized carbons (Fsp3) is 0.312. The molecule has 22 heavy (non-hydrogen) atoms. The van der Waals surface area contributed by atoms with E-state index in [1.165, 1.54) is 23.7 Å². The van der Waals surface area contributed by atoms with Crippen molar-refractivity contribution in [3.8, 4) is 6.07 Å². The summed E-state index contributed by atoms with van der Waals surface area (Å²) in [5, 5.41) is 11.9. The summed E-state index contributed by atoms with van der Waals surface area (Å²) in [6.07, 6.45) is 0.641. The van der Waals surface area contributed by atoms with Gasteiger partial charge in [0.1, 0.15) is 16.7 Å². The van der Waals surface area contributed by atoms with Gasteiger partial charge in [-0.2, -0.15) is 5.26 Å². The summed E-state index contributed by atoms with van der Waals surface area (Å²) in [6, 6.07) is 9.37. The van der Waals surface area contributed by atoms with Crippen molar-refractivity contribution >= 4 is 29.3 Å². The van der Waals surface area contributed by atoms with Crippen molar-refractivity contribution in [1.29, 1.82) is 5.26 Å². The van der Waals surface area contributed by atoms with Crippen LogP contribution < -0.4 is 10.2 Å². The molecule has 1 atom stereocenters. The highest BCUT2D eigenvalue weighted by atomic mass is 32.2. The largest absolute Gasteiger partial charge is 0.354 e. The Morgan fingerprint density at radius 2 is 2.05 bits per heavy atom. The molecule has 1 heterocycles. The third-order valence-corrected chi connectivity index (χ3v) is 4.83. The average molecular weight is 315 g/mol. The average Bonchev–Trinajstić information content (AvgIpc) is 2.85. The molecule has 1 aliphatic heterocycles. The maximum Gasteiger partial charge on any atom is 0.264 e. The number of aryl methyl sites for hydroxylation is 1. The lowest BCUT2D eigenvalue weighted by Crippen LogP contribution is -2.30. The zero-order valence-electron chi connectivity index (χ0n) is 12.7. The minimum Gasteiger partial charge on any atom is -0.354 e. The van der Waals surface area contributed by atoms with Crippen LogP contribution in [-0.4, -0.2) is 24.1 Å². The Morgan fingerprint density at radius 1 is 1.41 bits per heavy atom. The molecule has 1 N–H and O–H groups in total. The van der Waals surface area contributed by atoms with Gasteiger partial charge in [-0.15, -0.1) is 0 Å². The quantitative estimate of drug-likeness (QED) is 0.686. The first kappa shape index (κ1) is 16.1. The second-order valence-corrected chi connectivity index (χ2v) is 6.09. The van der Waals surface area contributed by atoms with Gasteiger partial charge in [0.2, 0.25) is 5.91 Å². The highest BCUT2D eigenvalue weighted by molar-refractivity contribution is 8.05. The summed E-state index contributed by atoms with van der Waals surface area (Å²) in [5.74, 6) is -0.574. The highest BCUT2D eigenvalue weighted by Crippen LogP contribution is 2.41. The summed E-state index contributed by atoms with van der Waals surface area (Å²) in [4.78, 5) is 26.0. The van der Waals surface area contributed by atoms with E-state index in [1.807, 2.05) is 44.2 Å². The number of anilines is 1. The molecular formula is C16H17N3O2S. The maximum atomic E-state index is 12.6. The fourth-order valence-corrected chi connectivity index (χ4v) is 3.37. The molecular weight excluding hydrogens is 298 g/mol. The smallest absolute Gasteiger partial charge is 0.264 e. The number of hydrogen-bond acceptors (Lipinski definition) is 4. The lowest BCUT2D eigenvalue weighted by atomic mass is 10.2. The lowest BCUT2D eigenvalue weighted by Gasteiger charge is -2.18. The summed E-state index contributed by atoms with van der Waals surface area (Å²) >= 11 is 1.27. The molecule has 2 amide bonds. The molecule has 1 aliphatic rings. The predicted octanol–water partition coefficient (Wildman–Crippen LogP) is 2.33. The molecule has 1 saturated heterocycles. The number of carbonyl (C=O) groups is 2.